The van der Waals surface area contributed by atoms with E-state index in [4.69, 9.17) is 4.42 Å². The smallest absolute Gasteiger partial charge is 0.263 e. The van der Waals surface area contributed by atoms with E-state index in [9.17, 15) is 0 Å². The molecule has 0 atom stereocenters. The van der Waals surface area contributed by atoms with E-state index >= 15 is 0 Å². The Kier molecular flexibility index (Phi) is 4.93. The lowest BCUT2D eigenvalue weighted by molar-refractivity contribution is 0.453. The first-order chi connectivity index (χ1) is 9.13. The molecule has 0 unspecified atom stereocenters. The SMILES string of the molecule is Cc1coc(Sc2ncc(CNCC(C)C)cn2)n1. The molecule has 6 heteroatoms. The van der Waals surface area contributed by atoms with Gasteiger partial charge in [0.1, 0.15) is 6.26 Å². The number of oxazole rings is 1. The van der Waals surface area contributed by atoms with Crippen LogP contribution in [-0.2, 0) is 6.54 Å². The number of aromatic nitrogens is 3. The first kappa shape index (κ1) is 14.0. The van der Waals surface area contributed by atoms with E-state index in [1.807, 2.05) is 19.3 Å². The molecule has 2 aromatic heterocycles. The average Bonchev–Trinajstić information content (AvgIpc) is 2.77. The van der Waals surface area contributed by atoms with E-state index in [1.165, 1.54) is 11.8 Å². The molecule has 0 aliphatic heterocycles. The van der Waals surface area contributed by atoms with Crippen molar-refractivity contribution in [2.45, 2.75) is 37.7 Å². The van der Waals surface area contributed by atoms with Gasteiger partial charge in [-0.15, -0.1) is 0 Å². The second kappa shape index (κ2) is 6.68. The van der Waals surface area contributed by atoms with Gasteiger partial charge in [0, 0.05) is 36.3 Å². The first-order valence-corrected chi connectivity index (χ1v) is 7.07. The third-order valence-electron chi connectivity index (χ3n) is 2.34. The van der Waals surface area contributed by atoms with Crippen molar-refractivity contribution in [3.05, 3.63) is 29.9 Å². The van der Waals surface area contributed by atoms with E-state index in [-0.39, 0.29) is 0 Å². The molecule has 5 nitrogen and oxygen atoms in total. The van der Waals surface area contributed by atoms with Crippen molar-refractivity contribution in [2.75, 3.05) is 6.54 Å². The maximum atomic E-state index is 5.25. The molecular weight excluding hydrogens is 260 g/mol. The molecule has 0 aromatic carbocycles. The highest BCUT2D eigenvalue weighted by atomic mass is 32.2. The molecule has 19 heavy (non-hydrogen) atoms. The predicted octanol–water partition coefficient (Wildman–Crippen LogP) is 2.67. The highest BCUT2D eigenvalue weighted by Crippen LogP contribution is 2.22. The Labute approximate surface area is 117 Å². The van der Waals surface area contributed by atoms with E-state index in [2.05, 4.69) is 34.1 Å². The van der Waals surface area contributed by atoms with Crippen LogP contribution in [0, 0.1) is 12.8 Å². The normalized spacial score (nSPS) is 11.2. The van der Waals surface area contributed by atoms with Crippen LogP contribution in [0.5, 0.6) is 0 Å². The zero-order valence-corrected chi connectivity index (χ0v) is 12.2. The standard InChI is InChI=1S/C13H18N4OS/c1-9(2)4-14-5-11-6-15-12(16-7-11)19-13-17-10(3)8-18-13/h6-9,14H,4-5H2,1-3H3. The molecule has 0 aliphatic rings. The number of aryl methyl sites for hydroxylation is 1. The quantitative estimate of drug-likeness (QED) is 0.820. The Morgan fingerprint density at radius 1 is 1.32 bits per heavy atom. The predicted molar refractivity (Wildman–Crippen MR) is 73.9 cm³/mol. The first-order valence-electron chi connectivity index (χ1n) is 6.25. The van der Waals surface area contributed by atoms with Gasteiger partial charge in [-0.25, -0.2) is 15.0 Å². The Balaban J connectivity index is 1.87. The summed E-state index contributed by atoms with van der Waals surface area (Å²) in [7, 11) is 0. The Hall–Kier alpha value is -1.40. The van der Waals surface area contributed by atoms with Crippen LogP contribution in [0.25, 0.3) is 0 Å². The minimum absolute atomic E-state index is 0.572. The van der Waals surface area contributed by atoms with Crippen molar-refractivity contribution in [3.63, 3.8) is 0 Å². The highest BCUT2D eigenvalue weighted by molar-refractivity contribution is 7.98. The van der Waals surface area contributed by atoms with Gasteiger partial charge in [-0.05, 0) is 19.4 Å². The van der Waals surface area contributed by atoms with E-state index < -0.39 is 0 Å². The summed E-state index contributed by atoms with van der Waals surface area (Å²) in [4.78, 5) is 12.8. The summed E-state index contributed by atoms with van der Waals surface area (Å²) in [6.07, 6.45) is 5.28. The summed E-state index contributed by atoms with van der Waals surface area (Å²) in [5.74, 6) is 0.643. The van der Waals surface area contributed by atoms with Crippen LogP contribution in [0.3, 0.4) is 0 Å². The van der Waals surface area contributed by atoms with Crippen LogP contribution in [0.1, 0.15) is 25.1 Å². The molecular formula is C13H18N4OS. The third-order valence-corrected chi connectivity index (χ3v) is 3.10. The van der Waals surface area contributed by atoms with E-state index in [0.717, 1.165) is 24.3 Å². The van der Waals surface area contributed by atoms with Gasteiger partial charge in [-0.2, -0.15) is 0 Å². The lowest BCUT2D eigenvalue weighted by Gasteiger charge is -2.06. The largest absolute Gasteiger partial charge is 0.439 e. The van der Waals surface area contributed by atoms with E-state index in [1.54, 1.807) is 6.26 Å². The number of hydrogen-bond donors (Lipinski definition) is 1. The van der Waals surface area contributed by atoms with Gasteiger partial charge in [0.05, 0.1) is 5.69 Å². The highest BCUT2D eigenvalue weighted by Gasteiger charge is 2.06. The van der Waals surface area contributed by atoms with Crippen molar-refractivity contribution in [2.24, 2.45) is 5.92 Å². The van der Waals surface area contributed by atoms with Crippen molar-refractivity contribution >= 4 is 11.8 Å². The van der Waals surface area contributed by atoms with Gasteiger partial charge < -0.3 is 9.73 Å². The molecule has 0 saturated carbocycles. The number of hydrogen-bond acceptors (Lipinski definition) is 6. The second-order valence-corrected chi connectivity index (χ2v) is 5.67. The molecule has 0 amide bonds. The fourth-order valence-corrected chi connectivity index (χ4v) is 2.10. The van der Waals surface area contributed by atoms with Crippen LogP contribution in [0.2, 0.25) is 0 Å². The van der Waals surface area contributed by atoms with Crippen molar-refractivity contribution in [1.29, 1.82) is 0 Å². The molecule has 102 valence electrons. The van der Waals surface area contributed by atoms with Gasteiger partial charge in [0.15, 0.2) is 5.16 Å². The molecule has 2 rings (SSSR count). The molecule has 0 bridgehead atoms. The minimum Gasteiger partial charge on any atom is -0.439 e. The summed E-state index contributed by atoms with van der Waals surface area (Å²) in [5, 5.41) is 4.58. The zero-order chi connectivity index (χ0) is 13.7. The summed E-state index contributed by atoms with van der Waals surface area (Å²) in [6.45, 7) is 8.04. The van der Waals surface area contributed by atoms with Crippen molar-refractivity contribution < 1.29 is 4.42 Å². The molecule has 0 spiro atoms. The van der Waals surface area contributed by atoms with E-state index in [0.29, 0.717) is 16.3 Å². The minimum atomic E-state index is 0.572. The fourth-order valence-electron chi connectivity index (χ4n) is 1.45. The zero-order valence-electron chi connectivity index (χ0n) is 11.4. The van der Waals surface area contributed by atoms with Crippen LogP contribution in [-0.4, -0.2) is 21.5 Å². The summed E-state index contributed by atoms with van der Waals surface area (Å²) in [5.41, 5.74) is 1.94. The van der Waals surface area contributed by atoms with Gasteiger partial charge >= 0.3 is 0 Å². The van der Waals surface area contributed by atoms with Crippen LogP contribution < -0.4 is 5.32 Å². The molecule has 0 aliphatic carbocycles. The molecule has 0 radical (unpaired) electrons. The summed E-state index contributed by atoms with van der Waals surface area (Å²) < 4.78 is 5.25. The van der Waals surface area contributed by atoms with Gasteiger partial charge in [-0.1, -0.05) is 13.8 Å². The maximum absolute atomic E-state index is 5.25. The van der Waals surface area contributed by atoms with Crippen LogP contribution in [0.15, 0.2) is 33.5 Å². The average molecular weight is 278 g/mol. The Morgan fingerprint density at radius 2 is 2.05 bits per heavy atom. The summed E-state index contributed by atoms with van der Waals surface area (Å²) in [6, 6.07) is 0. The van der Waals surface area contributed by atoms with Crippen LogP contribution in [0.4, 0.5) is 0 Å². The fraction of sp³-hybridized carbons (Fsp3) is 0.462. The molecule has 1 N–H and O–H groups in total. The van der Waals surface area contributed by atoms with Gasteiger partial charge in [0.2, 0.25) is 0 Å². The molecule has 0 saturated heterocycles. The maximum Gasteiger partial charge on any atom is 0.263 e. The Bertz CT molecular complexity index is 510. The van der Waals surface area contributed by atoms with Crippen molar-refractivity contribution in [1.82, 2.24) is 20.3 Å². The third kappa shape index (κ3) is 4.65. The lowest BCUT2D eigenvalue weighted by Crippen LogP contribution is -2.19. The van der Waals surface area contributed by atoms with Gasteiger partial charge in [-0.3, -0.25) is 0 Å². The molecule has 2 heterocycles. The molecule has 0 fully saturated rings. The number of nitrogens with zero attached hydrogens (tertiary/aromatic N) is 3. The van der Waals surface area contributed by atoms with Crippen molar-refractivity contribution in [3.8, 4) is 0 Å². The number of rotatable bonds is 6. The number of nitrogens with one attached hydrogen (secondary N) is 1. The van der Waals surface area contributed by atoms with Gasteiger partial charge in [0.25, 0.3) is 5.22 Å². The topological polar surface area (TPSA) is 63.8 Å². The molecule has 2 aromatic rings. The Morgan fingerprint density at radius 3 is 2.63 bits per heavy atom. The monoisotopic (exact) mass is 278 g/mol. The van der Waals surface area contributed by atoms with Crippen LogP contribution >= 0.6 is 11.8 Å². The second-order valence-electron chi connectivity index (χ2n) is 4.76. The lowest BCUT2D eigenvalue weighted by atomic mass is 10.2. The summed E-state index contributed by atoms with van der Waals surface area (Å²) >= 11 is 1.33.